The zero-order chi connectivity index (χ0) is 24.2. The number of carbonyl (C=O) groups excluding carboxylic acids is 1. The topological polar surface area (TPSA) is 55.8 Å². The Bertz CT molecular complexity index is 1010. The van der Waals surface area contributed by atoms with Gasteiger partial charge in [-0.3, -0.25) is 4.79 Å². The van der Waals surface area contributed by atoms with Gasteiger partial charge in [0.15, 0.2) is 23.2 Å². The van der Waals surface area contributed by atoms with Gasteiger partial charge in [0.2, 0.25) is 0 Å². The zero-order valence-electron chi connectivity index (χ0n) is 19.4. The third kappa shape index (κ3) is 5.40. The average Bonchev–Trinajstić information content (AvgIpc) is 2.83. The average molecular weight is 477 g/mol. The van der Waals surface area contributed by atoms with Crippen LogP contribution in [0.2, 0.25) is 0 Å². The molecule has 7 heteroatoms. The molecule has 0 heterocycles. The first kappa shape index (κ1) is 24.6. The number of halogens is 3. The number of aliphatic hydroxyl groups is 1. The first-order valence-electron chi connectivity index (χ1n) is 12.2. The molecule has 0 saturated heterocycles. The van der Waals surface area contributed by atoms with Gasteiger partial charge in [0.05, 0.1) is 18.6 Å². The van der Waals surface area contributed by atoms with Crippen molar-refractivity contribution in [2.45, 2.75) is 76.2 Å². The molecule has 4 nitrogen and oxygen atoms in total. The molecule has 2 aromatic carbocycles. The fourth-order valence-electron chi connectivity index (χ4n) is 5.25. The Morgan fingerprint density at radius 3 is 1.97 bits per heavy atom. The Morgan fingerprint density at radius 2 is 1.44 bits per heavy atom. The molecule has 2 aliphatic carbocycles. The summed E-state index contributed by atoms with van der Waals surface area (Å²) in [7, 11) is 0. The predicted molar refractivity (Wildman–Crippen MR) is 121 cm³/mol. The van der Waals surface area contributed by atoms with Crippen LogP contribution in [0.15, 0.2) is 30.3 Å². The van der Waals surface area contributed by atoms with E-state index in [2.05, 4.69) is 0 Å². The summed E-state index contributed by atoms with van der Waals surface area (Å²) in [6.07, 6.45) is 4.25. The van der Waals surface area contributed by atoms with Gasteiger partial charge in [-0.25, -0.2) is 13.2 Å². The fraction of sp³-hybridized carbons (Fsp3) is 0.519. The van der Waals surface area contributed by atoms with Gasteiger partial charge in [0, 0.05) is 6.07 Å². The summed E-state index contributed by atoms with van der Waals surface area (Å²) in [6, 6.07) is 7.42. The van der Waals surface area contributed by atoms with Crippen molar-refractivity contribution in [3.63, 3.8) is 0 Å². The van der Waals surface area contributed by atoms with E-state index in [4.69, 9.17) is 9.47 Å². The van der Waals surface area contributed by atoms with Gasteiger partial charge in [-0.1, -0.05) is 12.1 Å². The monoisotopic (exact) mass is 476 g/mol. The minimum Gasteiger partial charge on any atom is -0.491 e. The van der Waals surface area contributed by atoms with Gasteiger partial charge in [0.25, 0.3) is 0 Å². The number of benzene rings is 2. The van der Waals surface area contributed by atoms with Crippen LogP contribution in [-0.2, 0) is 4.79 Å². The molecule has 184 valence electrons. The summed E-state index contributed by atoms with van der Waals surface area (Å²) in [6.45, 7) is 2.08. The third-order valence-corrected chi connectivity index (χ3v) is 7.20. The SMILES string of the molecule is CCOc1ccc(OC(=O)C2CCC(c3ccc(C4CCC(O)CC4)c(F)c3F)CC2)cc1F. The number of hydrogen-bond acceptors (Lipinski definition) is 4. The lowest BCUT2D eigenvalue weighted by Crippen LogP contribution is -2.25. The minimum absolute atomic E-state index is 0.0649. The molecule has 0 atom stereocenters. The Kier molecular flexibility index (Phi) is 7.81. The summed E-state index contributed by atoms with van der Waals surface area (Å²) >= 11 is 0. The normalized spacial score (nSPS) is 25.1. The lowest BCUT2D eigenvalue weighted by atomic mass is 9.77. The molecule has 2 aromatic rings. The maximum Gasteiger partial charge on any atom is 0.314 e. The largest absolute Gasteiger partial charge is 0.491 e. The van der Waals surface area contributed by atoms with E-state index in [0.717, 1.165) is 6.07 Å². The molecule has 4 rings (SSSR count). The van der Waals surface area contributed by atoms with Gasteiger partial charge in [-0.2, -0.15) is 0 Å². The zero-order valence-corrected chi connectivity index (χ0v) is 19.4. The predicted octanol–water partition coefficient (Wildman–Crippen LogP) is 6.40. The van der Waals surface area contributed by atoms with E-state index in [0.29, 0.717) is 69.1 Å². The van der Waals surface area contributed by atoms with Crippen molar-refractivity contribution in [1.29, 1.82) is 0 Å². The molecular weight excluding hydrogens is 445 g/mol. The molecule has 2 saturated carbocycles. The Labute approximate surface area is 198 Å². The summed E-state index contributed by atoms with van der Waals surface area (Å²) < 4.78 is 54.4. The van der Waals surface area contributed by atoms with Gasteiger partial charge in [0.1, 0.15) is 5.75 Å². The van der Waals surface area contributed by atoms with Crippen molar-refractivity contribution in [3.8, 4) is 11.5 Å². The van der Waals surface area contributed by atoms with E-state index in [1.54, 1.807) is 19.1 Å². The molecule has 0 aliphatic heterocycles. The van der Waals surface area contributed by atoms with E-state index in [9.17, 15) is 23.1 Å². The quantitative estimate of drug-likeness (QED) is 0.387. The smallest absolute Gasteiger partial charge is 0.314 e. The van der Waals surface area contributed by atoms with Crippen LogP contribution in [0.3, 0.4) is 0 Å². The Balaban J connectivity index is 1.35. The Morgan fingerprint density at radius 1 is 0.882 bits per heavy atom. The van der Waals surface area contributed by atoms with Gasteiger partial charge < -0.3 is 14.6 Å². The first-order valence-corrected chi connectivity index (χ1v) is 12.2. The molecule has 2 fully saturated rings. The van der Waals surface area contributed by atoms with Crippen LogP contribution in [0, 0.1) is 23.4 Å². The highest BCUT2D eigenvalue weighted by Crippen LogP contribution is 2.41. The second kappa shape index (κ2) is 10.8. The first-order chi connectivity index (χ1) is 16.4. The van der Waals surface area contributed by atoms with E-state index in [1.807, 2.05) is 0 Å². The number of esters is 1. The van der Waals surface area contributed by atoms with E-state index in [1.165, 1.54) is 12.1 Å². The van der Waals surface area contributed by atoms with Crippen LogP contribution >= 0.6 is 0 Å². The van der Waals surface area contributed by atoms with Crippen molar-refractivity contribution in [2.24, 2.45) is 5.92 Å². The maximum atomic E-state index is 15.0. The molecule has 0 radical (unpaired) electrons. The molecular formula is C27H31F3O4. The minimum atomic E-state index is -0.792. The summed E-state index contributed by atoms with van der Waals surface area (Å²) in [5.41, 5.74) is 0.755. The summed E-state index contributed by atoms with van der Waals surface area (Å²) in [4.78, 5) is 12.6. The van der Waals surface area contributed by atoms with Crippen molar-refractivity contribution in [1.82, 2.24) is 0 Å². The van der Waals surface area contributed by atoms with Gasteiger partial charge >= 0.3 is 5.97 Å². The highest BCUT2D eigenvalue weighted by molar-refractivity contribution is 5.75. The number of hydrogen-bond donors (Lipinski definition) is 1. The lowest BCUT2D eigenvalue weighted by Gasteiger charge is -2.29. The molecule has 0 bridgehead atoms. The number of rotatable bonds is 6. The molecule has 1 N–H and O–H groups in total. The van der Waals surface area contributed by atoms with Crippen molar-refractivity contribution >= 4 is 5.97 Å². The highest BCUT2D eigenvalue weighted by atomic mass is 19.2. The van der Waals surface area contributed by atoms with E-state index < -0.39 is 23.4 Å². The fourth-order valence-corrected chi connectivity index (χ4v) is 5.25. The van der Waals surface area contributed by atoms with Crippen molar-refractivity contribution in [3.05, 3.63) is 58.9 Å². The molecule has 34 heavy (non-hydrogen) atoms. The van der Waals surface area contributed by atoms with Gasteiger partial charge in [-0.15, -0.1) is 0 Å². The van der Waals surface area contributed by atoms with Crippen LogP contribution in [0.4, 0.5) is 13.2 Å². The van der Waals surface area contributed by atoms with Gasteiger partial charge in [-0.05, 0) is 93.4 Å². The standard InChI is InChI=1S/C27H31F3O4/c1-2-33-24-14-11-20(15-23(24)28)34-27(32)18-5-3-16(4-6-18)21-12-13-22(26(30)25(21)29)17-7-9-19(31)10-8-17/h11-19,31H,2-10H2,1H3. The molecule has 2 aliphatic rings. The summed E-state index contributed by atoms with van der Waals surface area (Å²) in [5.74, 6) is -2.99. The van der Waals surface area contributed by atoms with Crippen LogP contribution in [0.25, 0.3) is 0 Å². The van der Waals surface area contributed by atoms with E-state index >= 15 is 0 Å². The summed E-state index contributed by atoms with van der Waals surface area (Å²) in [5, 5.41) is 9.68. The third-order valence-electron chi connectivity index (χ3n) is 7.20. The van der Waals surface area contributed by atoms with Crippen LogP contribution < -0.4 is 9.47 Å². The van der Waals surface area contributed by atoms with E-state index in [-0.39, 0.29) is 35.4 Å². The second-order valence-electron chi connectivity index (χ2n) is 9.37. The number of ether oxygens (including phenoxy) is 2. The molecule has 0 spiro atoms. The van der Waals surface area contributed by atoms with Crippen LogP contribution in [-0.4, -0.2) is 23.8 Å². The van der Waals surface area contributed by atoms with Crippen LogP contribution in [0.5, 0.6) is 11.5 Å². The van der Waals surface area contributed by atoms with Crippen molar-refractivity contribution < 1.29 is 32.5 Å². The molecule has 0 unspecified atom stereocenters. The Hall–Kier alpha value is -2.54. The van der Waals surface area contributed by atoms with Crippen molar-refractivity contribution in [2.75, 3.05) is 6.61 Å². The number of carbonyl (C=O) groups is 1. The van der Waals surface area contributed by atoms with Crippen LogP contribution in [0.1, 0.15) is 81.3 Å². The second-order valence-corrected chi connectivity index (χ2v) is 9.37. The maximum absolute atomic E-state index is 15.0. The number of aliphatic hydroxyl groups excluding tert-OH is 1. The lowest BCUT2D eigenvalue weighted by molar-refractivity contribution is -0.140. The molecule has 0 amide bonds. The molecule has 0 aromatic heterocycles. The highest BCUT2D eigenvalue weighted by Gasteiger charge is 2.32.